The maximum absolute atomic E-state index is 11.7. The van der Waals surface area contributed by atoms with E-state index in [0.29, 0.717) is 35.2 Å². The molecule has 4 nitrogen and oxygen atoms in total. The highest BCUT2D eigenvalue weighted by Crippen LogP contribution is 2.27. The minimum atomic E-state index is -0.115. The first kappa shape index (κ1) is 16.8. The van der Waals surface area contributed by atoms with Crippen molar-refractivity contribution < 1.29 is 9.53 Å². The van der Waals surface area contributed by atoms with Crippen molar-refractivity contribution in [2.45, 2.75) is 32.6 Å². The van der Waals surface area contributed by atoms with Crippen molar-refractivity contribution in [3.63, 3.8) is 0 Å². The SMILES string of the molecule is CC1=CC(=NNC(=O)CCCOc2ccc(Cl)cc2Cl)CC1. The van der Waals surface area contributed by atoms with Crippen molar-refractivity contribution in [1.29, 1.82) is 0 Å². The van der Waals surface area contributed by atoms with Gasteiger partial charge in [0.25, 0.3) is 0 Å². The molecule has 0 aliphatic heterocycles. The second-order valence-electron chi connectivity index (χ2n) is 5.16. The fourth-order valence-electron chi connectivity index (χ4n) is 2.04. The van der Waals surface area contributed by atoms with Gasteiger partial charge in [-0.15, -0.1) is 0 Å². The van der Waals surface area contributed by atoms with E-state index in [4.69, 9.17) is 27.9 Å². The number of carbonyl (C=O) groups excluding carboxylic acids is 1. The molecule has 2 rings (SSSR count). The molecule has 1 amide bonds. The molecule has 0 saturated carbocycles. The molecule has 1 aromatic rings. The van der Waals surface area contributed by atoms with Crippen LogP contribution in [0.3, 0.4) is 0 Å². The van der Waals surface area contributed by atoms with Crippen molar-refractivity contribution in [1.82, 2.24) is 5.43 Å². The van der Waals surface area contributed by atoms with Crippen LogP contribution < -0.4 is 10.2 Å². The molecule has 6 heteroatoms. The van der Waals surface area contributed by atoms with E-state index >= 15 is 0 Å². The van der Waals surface area contributed by atoms with Crippen molar-refractivity contribution >= 4 is 34.8 Å². The van der Waals surface area contributed by atoms with Crippen LogP contribution in [0.2, 0.25) is 10.0 Å². The van der Waals surface area contributed by atoms with Gasteiger partial charge < -0.3 is 4.74 Å². The summed E-state index contributed by atoms with van der Waals surface area (Å²) < 4.78 is 5.52. The molecule has 0 unspecified atom stereocenters. The predicted molar refractivity (Wildman–Crippen MR) is 89.8 cm³/mol. The zero-order valence-electron chi connectivity index (χ0n) is 12.4. The Kier molecular flexibility index (Phi) is 6.28. The molecular formula is C16H18Cl2N2O2. The molecule has 0 heterocycles. The zero-order chi connectivity index (χ0) is 15.9. The molecule has 0 spiro atoms. The van der Waals surface area contributed by atoms with Crippen LogP contribution in [0.15, 0.2) is 34.9 Å². The van der Waals surface area contributed by atoms with E-state index in [-0.39, 0.29) is 5.91 Å². The van der Waals surface area contributed by atoms with Gasteiger partial charge in [0.1, 0.15) is 5.75 Å². The lowest BCUT2D eigenvalue weighted by Gasteiger charge is -2.07. The van der Waals surface area contributed by atoms with Crippen LogP contribution >= 0.6 is 23.2 Å². The van der Waals surface area contributed by atoms with E-state index < -0.39 is 0 Å². The fourth-order valence-corrected chi connectivity index (χ4v) is 2.50. The lowest BCUT2D eigenvalue weighted by Crippen LogP contribution is -2.19. The van der Waals surface area contributed by atoms with Crippen LogP contribution in [0.4, 0.5) is 0 Å². The second kappa shape index (κ2) is 8.20. The van der Waals surface area contributed by atoms with E-state index in [1.54, 1.807) is 18.2 Å². The molecule has 0 fully saturated rings. The third-order valence-electron chi connectivity index (χ3n) is 3.21. The lowest BCUT2D eigenvalue weighted by atomic mass is 10.3. The Morgan fingerprint density at radius 1 is 1.36 bits per heavy atom. The summed E-state index contributed by atoms with van der Waals surface area (Å²) in [6, 6.07) is 5.05. The van der Waals surface area contributed by atoms with Crippen LogP contribution in [-0.4, -0.2) is 18.2 Å². The Labute approximate surface area is 140 Å². The molecule has 22 heavy (non-hydrogen) atoms. The Bertz CT molecular complexity index is 612. The quantitative estimate of drug-likeness (QED) is 0.617. The summed E-state index contributed by atoms with van der Waals surface area (Å²) in [6.45, 7) is 2.47. The molecular weight excluding hydrogens is 323 g/mol. The van der Waals surface area contributed by atoms with Gasteiger partial charge >= 0.3 is 0 Å². The van der Waals surface area contributed by atoms with Crippen LogP contribution in [0, 0.1) is 0 Å². The number of rotatable bonds is 6. The van der Waals surface area contributed by atoms with Gasteiger partial charge in [-0.05, 0) is 50.5 Å². The summed E-state index contributed by atoms with van der Waals surface area (Å²) in [4.78, 5) is 11.7. The topological polar surface area (TPSA) is 50.7 Å². The molecule has 0 atom stereocenters. The normalized spacial score (nSPS) is 15.8. The minimum Gasteiger partial charge on any atom is -0.492 e. The van der Waals surface area contributed by atoms with Crippen LogP contribution in [0.25, 0.3) is 0 Å². The number of benzene rings is 1. The summed E-state index contributed by atoms with van der Waals surface area (Å²) in [5.74, 6) is 0.453. The van der Waals surface area contributed by atoms with Crippen molar-refractivity contribution in [2.75, 3.05) is 6.61 Å². The second-order valence-corrected chi connectivity index (χ2v) is 6.00. The molecule has 0 bridgehead atoms. The fraction of sp³-hybridized carbons (Fsp3) is 0.375. The highest BCUT2D eigenvalue weighted by atomic mass is 35.5. The van der Waals surface area contributed by atoms with Gasteiger partial charge in [0.2, 0.25) is 5.91 Å². The summed E-state index contributed by atoms with van der Waals surface area (Å²) in [5, 5.41) is 5.13. The summed E-state index contributed by atoms with van der Waals surface area (Å²) in [6.07, 6.45) is 4.86. The maximum atomic E-state index is 11.7. The van der Waals surface area contributed by atoms with Gasteiger partial charge in [-0.3, -0.25) is 4.79 Å². The number of nitrogens with zero attached hydrogens (tertiary/aromatic N) is 1. The average Bonchev–Trinajstić information content (AvgIpc) is 2.89. The lowest BCUT2D eigenvalue weighted by molar-refractivity contribution is -0.121. The Morgan fingerprint density at radius 2 is 2.18 bits per heavy atom. The molecule has 118 valence electrons. The first-order chi connectivity index (χ1) is 10.5. The smallest absolute Gasteiger partial charge is 0.240 e. The average molecular weight is 341 g/mol. The van der Waals surface area contributed by atoms with Gasteiger partial charge in [0, 0.05) is 11.4 Å². The Morgan fingerprint density at radius 3 is 2.86 bits per heavy atom. The molecule has 1 N–H and O–H groups in total. The number of ether oxygens (including phenoxy) is 1. The summed E-state index contributed by atoms with van der Waals surface area (Å²) in [7, 11) is 0. The van der Waals surface area contributed by atoms with Gasteiger partial charge in [0.05, 0.1) is 17.3 Å². The minimum absolute atomic E-state index is 0.115. The van der Waals surface area contributed by atoms with Crippen LogP contribution in [-0.2, 0) is 4.79 Å². The molecule has 0 aromatic heterocycles. The van der Waals surface area contributed by atoms with Gasteiger partial charge in [0.15, 0.2) is 0 Å². The van der Waals surface area contributed by atoms with Crippen molar-refractivity contribution in [2.24, 2.45) is 5.10 Å². The standard InChI is InChI=1S/C16H18Cl2N2O2/c1-11-4-6-13(9-11)19-20-16(21)3-2-8-22-15-7-5-12(17)10-14(15)18/h5,7,9-10H,2-4,6,8H2,1H3,(H,20,21). The third kappa shape index (κ3) is 5.35. The number of hydrazone groups is 1. The number of nitrogens with one attached hydrogen (secondary N) is 1. The van der Waals surface area contributed by atoms with E-state index in [0.717, 1.165) is 18.6 Å². The number of halogens is 2. The van der Waals surface area contributed by atoms with Crippen LogP contribution in [0.1, 0.15) is 32.6 Å². The van der Waals surface area contributed by atoms with Crippen molar-refractivity contribution in [3.05, 3.63) is 39.9 Å². The van der Waals surface area contributed by atoms with E-state index in [1.165, 1.54) is 5.57 Å². The van der Waals surface area contributed by atoms with Gasteiger partial charge in [-0.1, -0.05) is 28.8 Å². The van der Waals surface area contributed by atoms with Gasteiger partial charge in [-0.2, -0.15) is 5.10 Å². The summed E-state index contributed by atoms with van der Waals surface area (Å²) >= 11 is 11.8. The Balaban J connectivity index is 1.67. The highest BCUT2D eigenvalue weighted by Gasteiger charge is 2.08. The van der Waals surface area contributed by atoms with Gasteiger partial charge in [-0.25, -0.2) is 5.43 Å². The number of carbonyl (C=O) groups is 1. The van der Waals surface area contributed by atoms with E-state index in [1.807, 2.05) is 6.08 Å². The molecule has 1 aliphatic carbocycles. The first-order valence-electron chi connectivity index (χ1n) is 7.15. The third-order valence-corrected chi connectivity index (χ3v) is 3.74. The summed E-state index contributed by atoms with van der Waals surface area (Å²) in [5.41, 5.74) is 4.79. The van der Waals surface area contributed by atoms with E-state index in [9.17, 15) is 4.79 Å². The van der Waals surface area contributed by atoms with E-state index in [2.05, 4.69) is 17.5 Å². The Hall–Kier alpha value is -1.52. The number of allylic oxidation sites excluding steroid dienone is 2. The number of hydrogen-bond donors (Lipinski definition) is 1. The molecule has 1 aromatic carbocycles. The van der Waals surface area contributed by atoms with Crippen molar-refractivity contribution in [3.8, 4) is 5.75 Å². The maximum Gasteiger partial charge on any atom is 0.240 e. The molecule has 1 aliphatic rings. The highest BCUT2D eigenvalue weighted by molar-refractivity contribution is 6.35. The number of hydrogen-bond acceptors (Lipinski definition) is 3. The monoisotopic (exact) mass is 340 g/mol. The first-order valence-corrected chi connectivity index (χ1v) is 7.90. The number of amides is 1. The van der Waals surface area contributed by atoms with Crippen LogP contribution in [0.5, 0.6) is 5.75 Å². The molecule has 0 saturated heterocycles. The predicted octanol–water partition coefficient (Wildman–Crippen LogP) is 4.36. The zero-order valence-corrected chi connectivity index (χ0v) is 13.9. The largest absolute Gasteiger partial charge is 0.492 e. The molecule has 0 radical (unpaired) electrons.